The van der Waals surface area contributed by atoms with E-state index < -0.39 is 10.0 Å². The first-order valence-electron chi connectivity index (χ1n) is 7.90. The van der Waals surface area contributed by atoms with Gasteiger partial charge in [-0.2, -0.15) is 5.10 Å². The van der Waals surface area contributed by atoms with Crippen LogP contribution in [0.4, 0.5) is 0 Å². The highest BCUT2D eigenvalue weighted by atomic mass is 32.2. The van der Waals surface area contributed by atoms with Gasteiger partial charge in [0.2, 0.25) is 10.0 Å². The molecule has 1 saturated carbocycles. The maximum atomic E-state index is 12.2. The summed E-state index contributed by atoms with van der Waals surface area (Å²) in [4.78, 5) is 16.2. The molecule has 0 atom stereocenters. The lowest BCUT2D eigenvalue weighted by Crippen LogP contribution is -2.39. The van der Waals surface area contributed by atoms with Gasteiger partial charge in [0.15, 0.2) is 0 Å². The van der Waals surface area contributed by atoms with Crippen molar-refractivity contribution in [1.82, 2.24) is 19.5 Å². The smallest absolute Gasteiger partial charge is 0.267 e. The van der Waals surface area contributed by atoms with Crippen LogP contribution >= 0.6 is 0 Å². The van der Waals surface area contributed by atoms with Crippen LogP contribution in [0.3, 0.4) is 0 Å². The van der Waals surface area contributed by atoms with Crippen molar-refractivity contribution in [1.29, 1.82) is 0 Å². The number of hydrogen-bond acceptors (Lipinski definition) is 5. The molecule has 2 aromatic heterocycles. The van der Waals surface area contributed by atoms with Crippen molar-refractivity contribution < 1.29 is 8.42 Å². The number of aromatic nitrogens is 3. The second-order valence-electron chi connectivity index (χ2n) is 6.13. The van der Waals surface area contributed by atoms with E-state index in [1.54, 1.807) is 18.5 Å². The second-order valence-corrected chi connectivity index (χ2v) is 7.91. The fourth-order valence-corrected chi connectivity index (χ4v) is 3.95. The Labute approximate surface area is 140 Å². The molecule has 0 unspecified atom stereocenters. The lowest BCUT2D eigenvalue weighted by atomic mass is 9.92. The molecule has 1 N–H and O–H groups in total. The molecule has 0 spiro atoms. The molecular formula is C16H20N4O3S. The fourth-order valence-electron chi connectivity index (χ4n) is 3.10. The number of rotatable bonds is 4. The first kappa shape index (κ1) is 16.8. The number of sulfonamides is 1. The number of nitrogens with zero attached hydrogens (tertiary/aromatic N) is 3. The van der Waals surface area contributed by atoms with Crippen molar-refractivity contribution in [3.63, 3.8) is 0 Å². The Kier molecular flexibility index (Phi) is 4.77. The van der Waals surface area contributed by atoms with E-state index in [9.17, 15) is 13.2 Å². The van der Waals surface area contributed by atoms with Crippen molar-refractivity contribution in [3.05, 3.63) is 47.0 Å². The third-order valence-corrected chi connectivity index (χ3v) is 4.99. The summed E-state index contributed by atoms with van der Waals surface area (Å²) >= 11 is 0. The molecule has 7 nitrogen and oxygen atoms in total. The van der Waals surface area contributed by atoms with Gasteiger partial charge >= 0.3 is 0 Å². The van der Waals surface area contributed by atoms with E-state index in [2.05, 4.69) is 14.8 Å². The third-order valence-electron chi connectivity index (χ3n) is 4.22. The summed E-state index contributed by atoms with van der Waals surface area (Å²) in [5.74, 6) is 0. The van der Waals surface area contributed by atoms with E-state index in [-0.39, 0.29) is 17.6 Å². The molecule has 24 heavy (non-hydrogen) atoms. The van der Waals surface area contributed by atoms with Gasteiger partial charge in [-0.3, -0.25) is 9.78 Å². The lowest BCUT2D eigenvalue weighted by Gasteiger charge is -2.29. The first-order chi connectivity index (χ1) is 11.4. The Morgan fingerprint density at radius 2 is 1.75 bits per heavy atom. The SMILES string of the molecule is CS(=O)(=O)NC1CCC(n2nc(-c3ccncc3)ccc2=O)CC1. The molecule has 2 aromatic rings. The highest BCUT2D eigenvalue weighted by molar-refractivity contribution is 7.88. The maximum absolute atomic E-state index is 12.2. The minimum absolute atomic E-state index is 0.00287. The predicted octanol–water partition coefficient (Wildman–Crippen LogP) is 1.34. The van der Waals surface area contributed by atoms with Gasteiger partial charge in [0.1, 0.15) is 0 Å². The summed E-state index contributed by atoms with van der Waals surface area (Å²) in [5, 5.41) is 4.50. The Morgan fingerprint density at radius 1 is 1.08 bits per heavy atom. The highest BCUT2D eigenvalue weighted by Gasteiger charge is 2.25. The molecule has 0 saturated heterocycles. The van der Waals surface area contributed by atoms with E-state index in [0.717, 1.165) is 24.1 Å². The highest BCUT2D eigenvalue weighted by Crippen LogP contribution is 2.27. The van der Waals surface area contributed by atoms with Crippen LogP contribution in [0.2, 0.25) is 0 Å². The topological polar surface area (TPSA) is 93.9 Å². The van der Waals surface area contributed by atoms with Crippen LogP contribution in [0.25, 0.3) is 11.3 Å². The van der Waals surface area contributed by atoms with Gasteiger partial charge in [0.25, 0.3) is 5.56 Å². The first-order valence-corrected chi connectivity index (χ1v) is 9.79. The summed E-state index contributed by atoms with van der Waals surface area (Å²) in [6, 6.07) is 6.88. The molecule has 1 aliphatic rings. The average molecular weight is 348 g/mol. The van der Waals surface area contributed by atoms with E-state index in [0.29, 0.717) is 12.8 Å². The van der Waals surface area contributed by atoms with Crippen molar-refractivity contribution in [2.75, 3.05) is 6.26 Å². The molecule has 0 aliphatic heterocycles. The average Bonchev–Trinajstić information content (AvgIpc) is 2.56. The van der Waals surface area contributed by atoms with Crippen molar-refractivity contribution in [3.8, 4) is 11.3 Å². The Hall–Kier alpha value is -2.06. The van der Waals surface area contributed by atoms with Gasteiger partial charge in [-0.05, 0) is 43.9 Å². The summed E-state index contributed by atoms with van der Waals surface area (Å²) in [5.41, 5.74) is 1.51. The fraction of sp³-hybridized carbons (Fsp3) is 0.438. The van der Waals surface area contributed by atoms with Gasteiger partial charge in [-0.1, -0.05) is 0 Å². The van der Waals surface area contributed by atoms with Crippen LogP contribution in [0.1, 0.15) is 31.7 Å². The number of hydrogen-bond donors (Lipinski definition) is 1. The van der Waals surface area contributed by atoms with Crippen molar-refractivity contribution in [2.45, 2.75) is 37.8 Å². The maximum Gasteiger partial charge on any atom is 0.267 e. The second kappa shape index (κ2) is 6.82. The third kappa shape index (κ3) is 4.07. The monoisotopic (exact) mass is 348 g/mol. The van der Waals surface area contributed by atoms with Crippen LogP contribution in [-0.4, -0.2) is 35.5 Å². The van der Waals surface area contributed by atoms with Crippen LogP contribution in [0, 0.1) is 0 Å². The summed E-state index contributed by atoms with van der Waals surface area (Å²) in [7, 11) is -3.20. The lowest BCUT2D eigenvalue weighted by molar-refractivity contribution is 0.286. The normalized spacial score (nSPS) is 21.5. The number of pyridine rings is 1. The minimum atomic E-state index is -3.20. The standard InChI is InChI=1S/C16H20N4O3S/c1-24(22,23)19-13-2-4-14(5-3-13)20-16(21)7-6-15(18-20)12-8-10-17-11-9-12/h6-11,13-14,19H,2-5H2,1H3. The molecule has 2 heterocycles. The van der Waals surface area contributed by atoms with Crippen LogP contribution in [0.15, 0.2) is 41.5 Å². The van der Waals surface area contributed by atoms with E-state index in [1.807, 2.05) is 12.1 Å². The largest absolute Gasteiger partial charge is 0.268 e. The van der Waals surface area contributed by atoms with Crippen LogP contribution < -0.4 is 10.3 Å². The quantitative estimate of drug-likeness (QED) is 0.900. The zero-order valence-corrected chi connectivity index (χ0v) is 14.2. The molecule has 1 aliphatic carbocycles. The molecular weight excluding hydrogens is 328 g/mol. The molecule has 1 fully saturated rings. The van der Waals surface area contributed by atoms with Crippen LogP contribution in [-0.2, 0) is 10.0 Å². The summed E-state index contributed by atoms with van der Waals surface area (Å²) in [6.07, 6.45) is 7.39. The van der Waals surface area contributed by atoms with Crippen LogP contribution in [0.5, 0.6) is 0 Å². The number of nitrogens with one attached hydrogen (secondary N) is 1. The van der Waals surface area contributed by atoms with Crippen molar-refractivity contribution in [2.24, 2.45) is 0 Å². The summed E-state index contributed by atoms with van der Waals surface area (Å²) < 4.78 is 26.8. The molecule has 0 amide bonds. The molecule has 0 radical (unpaired) electrons. The molecule has 0 bridgehead atoms. The van der Waals surface area contributed by atoms with Gasteiger partial charge in [-0.25, -0.2) is 17.8 Å². The van der Waals surface area contributed by atoms with Gasteiger partial charge in [0.05, 0.1) is 18.0 Å². The molecule has 8 heteroatoms. The molecule has 0 aromatic carbocycles. The molecule has 3 rings (SSSR count). The Balaban J connectivity index is 1.77. The molecule has 128 valence electrons. The Morgan fingerprint density at radius 3 is 2.38 bits per heavy atom. The zero-order chi connectivity index (χ0) is 17.2. The summed E-state index contributed by atoms with van der Waals surface area (Å²) in [6.45, 7) is 0. The Bertz CT molecular complexity index is 856. The van der Waals surface area contributed by atoms with Gasteiger partial charge in [-0.15, -0.1) is 0 Å². The predicted molar refractivity (Wildman–Crippen MR) is 91.0 cm³/mol. The van der Waals surface area contributed by atoms with Gasteiger partial charge in [0, 0.05) is 30.1 Å². The zero-order valence-electron chi connectivity index (χ0n) is 13.4. The van der Waals surface area contributed by atoms with E-state index in [1.165, 1.54) is 17.0 Å². The van der Waals surface area contributed by atoms with E-state index in [4.69, 9.17) is 0 Å². The van der Waals surface area contributed by atoms with Gasteiger partial charge < -0.3 is 0 Å². The minimum Gasteiger partial charge on any atom is -0.268 e. The van der Waals surface area contributed by atoms with Crippen molar-refractivity contribution >= 4 is 10.0 Å². The van der Waals surface area contributed by atoms with E-state index >= 15 is 0 Å².